The number of ketones is 1. The van der Waals surface area contributed by atoms with Gasteiger partial charge in [-0.1, -0.05) is 33.6 Å². The third-order valence-corrected chi connectivity index (χ3v) is 2.72. The Balaban J connectivity index is 0.00000137. The van der Waals surface area contributed by atoms with Crippen molar-refractivity contribution >= 4 is 5.78 Å². The number of carbonyl (C=O) groups is 1. The van der Waals surface area contributed by atoms with Crippen molar-refractivity contribution in [2.45, 2.75) is 53.4 Å². The highest BCUT2D eigenvalue weighted by Crippen LogP contribution is 2.19. The van der Waals surface area contributed by atoms with Crippen molar-refractivity contribution in [1.29, 1.82) is 0 Å². The van der Waals surface area contributed by atoms with E-state index in [0.717, 1.165) is 36.1 Å². The SMILES string of the molecule is CC.CCCCCC(=O)c1ccc(OC)c(C)c1. The zero-order valence-corrected chi connectivity index (χ0v) is 12.4. The lowest BCUT2D eigenvalue weighted by atomic mass is 10.0. The summed E-state index contributed by atoms with van der Waals surface area (Å²) in [5, 5.41) is 0. The van der Waals surface area contributed by atoms with E-state index in [1.165, 1.54) is 0 Å². The van der Waals surface area contributed by atoms with Crippen molar-refractivity contribution in [1.82, 2.24) is 0 Å². The number of benzene rings is 1. The van der Waals surface area contributed by atoms with Crippen molar-refractivity contribution in [3.8, 4) is 5.75 Å². The highest BCUT2D eigenvalue weighted by Gasteiger charge is 2.07. The van der Waals surface area contributed by atoms with Gasteiger partial charge in [-0.25, -0.2) is 0 Å². The second-order valence-corrected chi connectivity index (χ2v) is 4.06. The van der Waals surface area contributed by atoms with Gasteiger partial charge in [0.25, 0.3) is 0 Å². The lowest BCUT2D eigenvalue weighted by Gasteiger charge is -2.06. The van der Waals surface area contributed by atoms with E-state index in [2.05, 4.69) is 6.92 Å². The monoisotopic (exact) mass is 250 g/mol. The fourth-order valence-corrected chi connectivity index (χ4v) is 1.73. The molecule has 0 N–H and O–H groups in total. The van der Waals surface area contributed by atoms with Crippen LogP contribution in [0.1, 0.15) is 62.4 Å². The van der Waals surface area contributed by atoms with E-state index in [1.807, 2.05) is 39.0 Å². The number of rotatable bonds is 6. The van der Waals surface area contributed by atoms with Crippen LogP contribution in [0.2, 0.25) is 0 Å². The van der Waals surface area contributed by atoms with Crippen LogP contribution in [0.5, 0.6) is 5.75 Å². The van der Waals surface area contributed by atoms with Crippen LogP contribution in [0, 0.1) is 6.92 Å². The van der Waals surface area contributed by atoms with E-state index < -0.39 is 0 Å². The van der Waals surface area contributed by atoms with Crippen LogP contribution in [0.15, 0.2) is 18.2 Å². The van der Waals surface area contributed by atoms with E-state index >= 15 is 0 Å². The highest BCUT2D eigenvalue weighted by molar-refractivity contribution is 5.96. The van der Waals surface area contributed by atoms with Gasteiger partial charge in [0.05, 0.1) is 7.11 Å². The molecule has 0 spiro atoms. The first-order valence-electron chi connectivity index (χ1n) is 6.87. The Labute approximate surface area is 111 Å². The number of methoxy groups -OCH3 is 1. The molecule has 0 atom stereocenters. The molecule has 18 heavy (non-hydrogen) atoms. The third-order valence-electron chi connectivity index (χ3n) is 2.72. The Bertz CT molecular complexity index is 356. The Morgan fingerprint density at radius 3 is 2.39 bits per heavy atom. The van der Waals surface area contributed by atoms with E-state index in [-0.39, 0.29) is 5.78 Å². The molecule has 0 heterocycles. The van der Waals surface area contributed by atoms with Crippen LogP contribution in [0.3, 0.4) is 0 Å². The number of unbranched alkanes of at least 4 members (excludes halogenated alkanes) is 2. The molecule has 1 rings (SSSR count). The van der Waals surface area contributed by atoms with E-state index in [0.29, 0.717) is 6.42 Å². The summed E-state index contributed by atoms with van der Waals surface area (Å²) in [6.07, 6.45) is 3.91. The zero-order valence-electron chi connectivity index (χ0n) is 12.4. The third kappa shape index (κ3) is 5.35. The first kappa shape index (κ1) is 16.7. The molecule has 1 aromatic carbocycles. The van der Waals surface area contributed by atoms with Gasteiger partial charge in [0.2, 0.25) is 0 Å². The minimum absolute atomic E-state index is 0.235. The fraction of sp³-hybridized carbons (Fsp3) is 0.562. The molecule has 0 radical (unpaired) electrons. The zero-order chi connectivity index (χ0) is 14.0. The molecule has 0 aliphatic carbocycles. The average molecular weight is 250 g/mol. The molecule has 0 aromatic heterocycles. The van der Waals surface area contributed by atoms with Crippen LogP contribution in [0.25, 0.3) is 0 Å². The minimum Gasteiger partial charge on any atom is -0.496 e. The van der Waals surface area contributed by atoms with Crippen LogP contribution in [-0.2, 0) is 0 Å². The molecule has 102 valence electrons. The Kier molecular flexibility index (Phi) is 8.99. The van der Waals surface area contributed by atoms with Gasteiger partial charge >= 0.3 is 0 Å². The van der Waals surface area contributed by atoms with Crippen molar-refractivity contribution in [2.75, 3.05) is 7.11 Å². The predicted molar refractivity (Wildman–Crippen MR) is 77.6 cm³/mol. The lowest BCUT2D eigenvalue weighted by molar-refractivity contribution is 0.0979. The summed E-state index contributed by atoms with van der Waals surface area (Å²) >= 11 is 0. The van der Waals surface area contributed by atoms with Crippen LogP contribution in [-0.4, -0.2) is 12.9 Å². The van der Waals surface area contributed by atoms with Gasteiger partial charge in [-0.15, -0.1) is 0 Å². The maximum absolute atomic E-state index is 11.8. The quantitative estimate of drug-likeness (QED) is 0.536. The number of hydrogen-bond donors (Lipinski definition) is 0. The molecule has 0 aliphatic heterocycles. The van der Waals surface area contributed by atoms with Crippen LogP contribution >= 0.6 is 0 Å². The second-order valence-electron chi connectivity index (χ2n) is 4.06. The molecule has 0 saturated carbocycles. The fourth-order valence-electron chi connectivity index (χ4n) is 1.73. The Hall–Kier alpha value is -1.31. The Morgan fingerprint density at radius 2 is 1.89 bits per heavy atom. The first-order valence-corrected chi connectivity index (χ1v) is 6.87. The molecule has 0 amide bonds. The summed E-state index contributed by atoms with van der Waals surface area (Å²) < 4.78 is 5.17. The summed E-state index contributed by atoms with van der Waals surface area (Å²) in [6, 6.07) is 5.62. The van der Waals surface area contributed by atoms with E-state index in [9.17, 15) is 4.79 Å². The van der Waals surface area contributed by atoms with Gasteiger partial charge in [-0.05, 0) is 37.1 Å². The molecule has 0 unspecified atom stereocenters. The topological polar surface area (TPSA) is 26.3 Å². The van der Waals surface area contributed by atoms with Gasteiger partial charge in [-0.2, -0.15) is 0 Å². The largest absolute Gasteiger partial charge is 0.496 e. The maximum atomic E-state index is 11.8. The van der Waals surface area contributed by atoms with Gasteiger partial charge in [0.15, 0.2) is 5.78 Å². The van der Waals surface area contributed by atoms with Crippen molar-refractivity contribution in [3.63, 3.8) is 0 Å². The normalized spacial score (nSPS) is 9.39. The summed E-state index contributed by atoms with van der Waals surface area (Å²) in [5.74, 6) is 1.07. The summed E-state index contributed by atoms with van der Waals surface area (Å²) in [5.41, 5.74) is 1.82. The molecule has 0 fully saturated rings. The van der Waals surface area contributed by atoms with Gasteiger partial charge < -0.3 is 4.74 Å². The second kappa shape index (κ2) is 9.69. The maximum Gasteiger partial charge on any atom is 0.162 e. The number of hydrogen-bond acceptors (Lipinski definition) is 2. The molecular weight excluding hydrogens is 224 g/mol. The lowest BCUT2D eigenvalue weighted by Crippen LogP contribution is -2.00. The number of ether oxygens (including phenoxy) is 1. The smallest absolute Gasteiger partial charge is 0.162 e. The predicted octanol–water partition coefficient (Wildman–Crippen LogP) is 4.79. The molecule has 1 aromatic rings. The summed E-state index contributed by atoms with van der Waals surface area (Å²) in [6.45, 7) is 8.10. The van der Waals surface area contributed by atoms with Crippen LogP contribution in [0.4, 0.5) is 0 Å². The van der Waals surface area contributed by atoms with Gasteiger partial charge in [-0.3, -0.25) is 4.79 Å². The first-order chi connectivity index (χ1) is 8.69. The van der Waals surface area contributed by atoms with E-state index in [1.54, 1.807) is 7.11 Å². The average Bonchev–Trinajstić information content (AvgIpc) is 2.41. The summed E-state index contributed by atoms with van der Waals surface area (Å²) in [7, 11) is 1.64. The van der Waals surface area contributed by atoms with Crippen LogP contribution < -0.4 is 4.74 Å². The molecule has 2 nitrogen and oxygen atoms in total. The number of Topliss-reactive ketones (excluding diaryl/α,β-unsaturated/α-hetero) is 1. The Morgan fingerprint density at radius 1 is 1.22 bits per heavy atom. The molecule has 2 heteroatoms. The molecule has 0 saturated heterocycles. The molecule has 0 bridgehead atoms. The number of carbonyl (C=O) groups excluding carboxylic acids is 1. The van der Waals surface area contributed by atoms with Crippen molar-refractivity contribution in [3.05, 3.63) is 29.3 Å². The molecule has 0 aliphatic rings. The van der Waals surface area contributed by atoms with Gasteiger partial charge in [0.1, 0.15) is 5.75 Å². The van der Waals surface area contributed by atoms with Crippen molar-refractivity contribution < 1.29 is 9.53 Å². The minimum atomic E-state index is 0.235. The summed E-state index contributed by atoms with van der Waals surface area (Å²) in [4.78, 5) is 11.8. The van der Waals surface area contributed by atoms with E-state index in [4.69, 9.17) is 4.74 Å². The molecular formula is C16H26O2. The van der Waals surface area contributed by atoms with Crippen molar-refractivity contribution in [2.24, 2.45) is 0 Å². The standard InChI is InChI=1S/C14H20O2.C2H6/c1-4-5-6-7-13(15)12-8-9-14(16-3)11(2)10-12;1-2/h8-10H,4-7H2,1-3H3;1-2H3. The van der Waals surface area contributed by atoms with Gasteiger partial charge in [0, 0.05) is 12.0 Å². The number of aryl methyl sites for hydroxylation is 1. The highest BCUT2D eigenvalue weighted by atomic mass is 16.5.